The van der Waals surface area contributed by atoms with Crippen LogP contribution >= 0.6 is 11.8 Å². The van der Waals surface area contributed by atoms with Gasteiger partial charge < -0.3 is 0 Å². The number of aromatic nitrogens is 2. The monoisotopic (exact) mass is 207 g/mol. The molecular weight excluding hydrogens is 194 g/mol. The van der Waals surface area contributed by atoms with Crippen molar-refractivity contribution in [2.75, 3.05) is 5.75 Å². The molecule has 0 bridgehead atoms. The van der Waals surface area contributed by atoms with Gasteiger partial charge in [0.25, 0.3) is 0 Å². The van der Waals surface area contributed by atoms with Crippen LogP contribution < -0.4 is 0 Å². The van der Waals surface area contributed by atoms with Crippen LogP contribution in [0.2, 0.25) is 0 Å². The number of hydrogen-bond donors (Lipinski definition) is 0. The molecule has 14 heavy (non-hydrogen) atoms. The first-order valence-electron chi connectivity index (χ1n) is 4.73. The van der Waals surface area contributed by atoms with Crippen LogP contribution in [0.4, 0.5) is 0 Å². The van der Waals surface area contributed by atoms with E-state index in [1.54, 1.807) is 24.0 Å². The van der Waals surface area contributed by atoms with Gasteiger partial charge in [-0.3, -0.25) is 0 Å². The fourth-order valence-electron chi connectivity index (χ4n) is 1.03. The molecule has 0 aliphatic rings. The van der Waals surface area contributed by atoms with Gasteiger partial charge in [-0.2, -0.15) is 10.4 Å². The number of thioether (sulfide) groups is 1. The Morgan fingerprint density at radius 3 is 3.07 bits per heavy atom. The summed E-state index contributed by atoms with van der Waals surface area (Å²) in [6, 6.07) is 3.82. The molecule has 1 rings (SSSR count). The molecular formula is C10H13N3S. The van der Waals surface area contributed by atoms with Gasteiger partial charge in [-0.05, 0) is 18.2 Å². The second kappa shape index (κ2) is 6.39. The summed E-state index contributed by atoms with van der Waals surface area (Å²) in [7, 11) is 0. The van der Waals surface area contributed by atoms with E-state index in [9.17, 15) is 0 Å². The van der Waals surface area contributed by atoms with Crippen LogP contribution in [-0.4, -0.2) is 16.0 Å². The Kier molecular flexibility index (Phi) is 5.02. The van der Waals surface area contributed by atoms with Gasteiger partial charge >= 0.3 is 0 Å². The molecule has 4 heteroatoms. The molecule has 3 nitrogen and oxygen atoms in total. The SMILES string of the molecule is CCCCCSc1nnccc1C#N. The van der Waals surface area contributed by atoms with Crippen molar-refractivity contribution in [1.29, 1.82) is 5.26 Å². The van der Waals surface area contributed by atoms with Crippen molar-refractivity contribution in [3.05, 3.63) is 17.8 Å². The summed E-state index contributed by atoms with van der Waals surface area (Å²) in [6.07, 6.45) is 5.17. The average Bonchev–Trinajstić information content (AvgIpc) is 2.25. The minimum absolute atomic E-state index is 0.626. The van der Waals surface area contributed by atoms with Crippen molar-refractivity contribution in [3.8, 4) is 6.07 Å². The van der Waals surface area contributed by atoms with Gasteiger partial charge in [0.2, 0.25) is 0 Å². The topological polar surface area (TPSA) is 49.6 Å². The third-order valence-electron chi connectivity index (χ3n) is 1.79. The predicted molar refractivity (Wildman–Crippen MR) is 57.0 cm³/mol. The van der Waals surface area contributed by atoms with Gasteiger partial charge in [0.05, 0.1) is 11.8 Å². The smallest absolute Gasteiger partial charge is 0.137 e. The summed E-state index contributed by atoms with van der Waals surface area (Å²) in [6.45, 7) is 2.17. The zero-order valence-corrected chi connectivity index (χ0v) is 9.05. The minimum atomic E-state index is 0.626. The molecule has 0 aliphatic carbocycles. The minimum Gasteiger partial charge on any atom is -0.192 e. The molecule has 0 spiro atoms. The van der Waals surface area contributed by atoms with Crippen molar-refractivity contribution in [3.63, 3.8) is 0 Å². The Morgan fingerprint density at radius 2 is 2.36 bits per heavy atom. The van der Waals surface area contributed by atoms with Crippen LogP contribution in [-0.2, 0) is 0 Å². The first-order chi connectivity index (χ1) is 6.88. The van der Waals surface area contributed by atoms with Crippen LogP contribution in [0, 0.1) is 11.3 Å². The van der Waals surface area contributed by atoms with Crippen LogP contribution in [0.3, 0.4) is 0 Å². The number of unbranched alkanes of at least 4 members (excludes halogenated alkanes) is 2. The van der Waals surface area contributed by atoms with Crippen molar-refractivity contribution in [2.45, 2.75) is 31.2 Å². The van der Waals surface area contributed by atoms with E-state index in [2.05, 4.69) is 23.2 Å². The zero-order chi connectivity index (χ0) is 10.2. The Labute approximate surface area is 88.5 Å². The second-order valence-electron chi connectivity index (χ2n) is 2.92. The number of hydrogen-bond acceptors (Lipinski definition) is 4. The van der Waals surface area contributed by atoms with Crippen molar-refractivity contribution in [2.24, 2.45) is 0 Å². The zero-order valence-electron chi connectivity index (χ0n) is 8.23. The molecule has 0 unspecified atom stereocenters. The quantitative estimate of drug-likeness (QED) is 0.550. The standard InChI is InChI=1S/C10H13N3S/c1-2-3-4-7-14-10-9(8-11)5-6-12-13-10/h5-6H,2-4,7H2,1H3. The largest absolute Gasteiger partial charge is 0.192 e. The summed E-state index contributed by atoms with van der Waals surface area (Å²) in [5.41, 5.74) is 0.626. The summed E-state index contributed by atoms with van der Waals surface area (Å²) in [4.78, 5) is 0. The molecule has 0 aliphatic heterocycles. The van der Waals surface area contributed by atoms with Gasteiger partial charge in [0, 0.05) is 0 Å². The lowest BCUT2D eigenvalue weighted by molar-refractivity contribution is 0.777. The van der Waals surface area contributed by atoms with E-state index in [-0.39, 0.29) is 0 Å². The van der Waals surface area contributed by atoms with E-state index in [4.69, 9.17) is 5.26 Å². The van der Waals surface area contributed by atoms with Crippen LogP contribution in [0.15, 0.2) is 17.3 Å². The van der Waals surface area contributed by atoms with Gasteiger partial charge in [0.1, 0.15) is 11.1 Å². The van der Waals surface area contributed by atoms with Gasteiger partial charge in [0.15, 0.2) is 0 Å². The van der Waals surface area contributed by atoms with E-state index >= 15 is 0 Å². The molecule has 0 N–H and O–H groups in total. The summed E-state index contributed by atoms with van der Waals surface area (Å²) < 4.78 is 0. The normalized spacial score (nSPS) is 9.71. The first-order valence-corrected chi connectivity index (χ1v) is 5.71. The first kappa shape index (κ1) is 11.0. The molecule has 0 saturated carbocycles. The predicted octanol–water partition coefficient (Wildman–Crippen LogP) is 2.63. The van der Waals surface area contributed by atoms with E-state index in [0.717, 1.165) is 10.8 Å². The molecule has 0 aromatic carbocycles. The molecule has 0 atom stereocenters. The third kappa shape index (κ3) is 3.35. The molecule has 1 heterocycles. The van der Waals surface area contributed by atoms with Gasteiger partial charge in [-0.25, -0.2) is 0 Å². The molecule has 1 aromatic heterocycles. The number of nitrogens with zero attached hydrogens (tertiary/aromatic N) is 3. The van der Waals surface area contributed by atoms with Gasteiger partial charge in [-0.1, -0.05) is 19.8 Å². The molecule has 74 valence electrons. The summed E-state index contributed by atoms with van der Waals surface area (Å²) >= 11 is 1.62. The highest BCUT2D eigenvalue weighted by molar-refractivity contribution is 7.99. The average molecular weight is 207 g/mol. The molecule has 0 fully saturated rings. The Hall–Kier alpha value is -1.08. The van der Waals surface area contributed by atoms with Crippen LogP contribution in [0.1, 0.15) is 31.7 Å². The maximum atomic E-state index is 8.79. The van der Waals surface area contributed by atoms with Crippen LogP contribution in [0.25, 0.3) is 0 Å². The van der Waals surface area contributed by atoms with E-state index in [0.29, 0.717) is 5.56 Å². The maximum Gasteiger partial charge on any atom is 0.137 e. The lowest BCUT2D eigenvalue weighted by Gasteiger charge is -2.00. The fraction of sp³-hybridized carbons (Fsp3) is 0.500. The second-order valence-corrected chi connectivity index (χ2v) is 4.00. The van der Waals surface area contributed by atoms with E-state index in [1.807, 2.05) is 0 Å². The lowest BCUT2D eigenvalue weighted by atomic mass is 10.3. The van der Waals surface area contributed by atoms with Crippen LogP contribution in [0.5, 0.6) is 0 Å². The summed E-state index contributed by atoms with van der Waals surface area (Å²) in [5, 5.41) is 17.3. The van der Waals surface area contributed by atoms with E-state index in [1.165, 1.54) is 19.3 Å². The van der Waals surface area contributed by atoms with Crippen molar-refractivity contribution >= 4 is 11.8 Å². The van der Waals surface area contributed by atoms with Crippen molar-refractivity contribution < 1.29 is 0 Å². The Bertz CT molecular complexity index is 319. The Morgan fingerprint density at radius 1 is 1.50 bits per heavy atom. The highest BCUT2D eigenvalue weighted by atomic mass is 32.2. The molecule has 0 radical (unpaired) electrons. The van der Waals surface area contributed by atoms with Gasteiger partial charge in [-0.15, -0.1) is 16.9 Å². The number of rotatable bonds is 5. The highest BCUT2D eigenvalue weighted by Crippen LogP contribution is 2.19. The number of nitriles is 1. The van der Waals surface area contributed by atoms with Crippen molar-refractivity contribution in [1.82, 2.24) is 10.2 Å². The summed E-state index contributed by atoms with van der Waals surface area (Å²) in [5.74, 6) is 1.02. The molecule has 0 saturated heterocycles. The highest BCUT2D eigenvalue weighted by Gasteiger charge is 2.02. The van der Waals surface area contributed by atoms with E-state index < -0.39 is 0 Å². The molecule has 1 aromatic rings. The third-order valence-corrected chi connectivity index (χ3v) is 2.86. The lowest BCUT2D eigenvalue weighted by Crippen LogP contribution is -1.90. The molecule has 0 amide bonds. The maximum absolute atomic E-state index is 8.79. The fourth-order valence-corrected chi connectivity index (χ4v) is 1.95. The Balaban J connectivity index is 2.46.